The Hall–Kier alpha value is -1.35. The molecule has 0 bridgehead atoms. The minimum atomic E-state index is 0.252. The van der Waals surface area contributed by atoms with Gasteiger partial charge < -0.3 is 5.73 Å². The van der Waals surface area contributed by atoms with Crippen LogP contribution in [0.1, 0.15) is 51.1 Å². The summed E-state index contributed by atoms with van der Waals surface area (Å²) in [5.41, 5.74) is 7.40. The molecular weight excluding hydrogens is 246 g/mol. The van der Waals surface area contributed by atoms with Crippen LogP contribution in [-0.4, -0.2) is 23.8 Å². The first-order valence-corrected chi connectivity index (χ1v) is 7.60. The maximum atomic E-state index is 7.68. The summed E-state index contributed by atoms with van der Waals surface area (Å²) in [5.74, 6) is 0.280. The lowest BCUT2D eigenvalue weighted by Gasteiger charge is -2.31. The molecule has 0 aromatic heterocycles. The van der Waals surface area contributed by atoms with Crippen LogP contribution >= 0.6 is 0 Å². The van der Waals surface area contributed by atoms with Crippen molar-refractivity contribution in [1.82, 2.24) is 4.90 Å². The van der Waals surface area contributed by atoms with Crippen molar-refractivity contribution < 1.29 is 0 Å². The van der Waals surface area contributed by atoms with Gasteiger partial charge in [0.15, 0.2) is 0 Å². The molecule has 1 saturated heterocycles. The topological polar surface area (TPSA) is 53.1 Å². The zero-order chi connectivity index (χ0) is 14.6. The second-order valence-electron chi connectivity index (χ2n) is 6.71. The fourth-order valence-electron chi connectivity index (χ4n) is 3.10. The summed E-state index contributed by atoms with van der Waals surface area (Å²) in [5, 5.41) is 7.68. The molecule has 1 aromatic carbocycles. The van der Waals surface area contributed by atoms with E-state index in [4.69, 9.17) is 11.1 Å². The van der Waals surface area contributed by atoms with Crippen molar-refractivity contribution in [1.29, 1.82) is 5.41 Å². The first kappa shape index (κ1) is 15.0. The highest BCUT2D eigenvalue weighted by atomic mass is 15.2. The summed E-state index contributed by atoms with van der Waals surface area (Å²) in [7, 11) is 0. The minimum Gasteiger partial charge on any atom is -0.388 e. The molecule has 3 N–H and O–H groups in total. The Morgan fingerprint density at radius 3 is 2.60 bits per heavy atom. The number of hydrogen-bond acceptors (Lipinski definition) is 2. The highest BCUT2D eigenvalue weighted by Crippen LogP contribution is 2.34. The quantitative estimate of drug-likeness (QED) is 0.651. The van der Waals surface area contributed by atoms with Crippen molar-refractivity contribution in [3.8, 4) is 0 Å². The number of nitrogens with one attached hydrogen (secondary N) is 1. The average molecular weight is 273 g/mol. The van der Waals surface area contributed by atoms with E-state index in [0.717, 1.165) is 13.1 Å². The van der Waals surface area contributed by atoms with E-state index in [1.807, 2.05) is 6.07 Å². The summed E-state index contributed by atoms with van der Waals surface area (Å²) in [6, 6.07) is 10.8. The van der Waals surface area contributed by atoms with Crippen LogP contribution in [0.5, 0.6) is 0 Å². The van der Waals surface area contributed by atoms with Gasteiger partial charge in [-0.15, -0.1) is 0 Å². The Labute approximate surface area is 122 Å². The lowest BCUT2D eigenvalue weighted by molar-refractivity contribution is 0.199. The van der Waals surface area contributed by atoms with Gasteiger partial charge in [0.2, 0.25) is 0 Å². The molecule has 1 fully saturated rings. The summed E-state index contributed by atoms with van der Waals surface area (Å²) < 4.78 is 0. The van der Waals surface area contributed by atoms with E-state index in [1.54, 1.807) is 0 Å². The van der Waals surface area contributed by atoms with E-state index in [-0.39, 0.29) is 11.9 Å². The summed E-state index contributed by atoms with van der Waals surface area (Å²) in [4.78, 5) is 2.52. The second kappa shape index (κ2) is 6.40. The van der Waals surface area contributed by atoms with Crippen molar-refractivity contribution in [3.05, 3.63) is 35.9 Å². The van der Waals surface area contributed by atoms with Gasteiger partial charge in [-0.25, -0.2) is 0 Å². The van der Waals surface area contributed by atoms with E-state index in [1.165, 1.54) is 24.8 Å². The molecule has 110 valence electrons. The molecule has 0 amide bonds. The molecule has 0 spiro atoms. The molecule has 0 saturated carbocycles. The minimum absolute atomic E-state index is 0.252. The number of rotatable bonds is 4. The van der Waals surface area contributed by atoms with Crippen molar-refractivity contribution in [2.75, 3.05) is 13.1 Å². The fourth-order valence-corrected chi connectivity index (χ4v) is 3.10. The molecule has 3 nitrogen and oxygen atoms in total. The van der Waals surface area contributed by atoms with Gasteiger partial charge in [-0.05, 0) is 43.3 Å². The molecule has 1 aromatic rings. The largest absolute Gasteiger partial charge is 0.388 e. The first-order valence-electron chi connectivity index (χ1n) is 7.60. The smallest absolute Gasteiger partial charge is 0.0924 e. The third-order valence-electron chi connectivity index (χ3n) is 4.41. The predicted molar refractivity (Wildman–Crippen MR) is 84.9 cm³/mol. The monoisotopic (exact) mass is 273 g/mol. The van der Waals surface area contributed by atoms with Crippen molar-refractivity contribution in [2.24, 2.45) is 11.1 Å². The van der Waals surface area contributed by atoms with E-state index < -0.39 is 0 Å². The third kappa shape index (κ3) is 4.07. The number of likely N-dealkylation sites (tertiary alicyclic amines) is 1. The Kier molecular flexibility index (Phi) is 4.81. The highest BCUT2D eigenvalue weighted by Gasteiger charge is 2.27. The van der Waals surface area contributed by atoms with Gasteiger partial charge in [0.25, 0.3) is 0 Å². The van der Waals surface area contributed by atoms with Crippen LogP contribution < -0.4 is 5.73 Å². The zero-order valence-corrected chi connectivity index (χ0v) is 12.7. The zero-order valence-electron chi connectivity index (χ0n) is 12.7. The van der Waals surface area contributed by atoms with E-state index in [0.29, 0.717) is 11.8 Å². The molecule has 1 unspecified atom stereocenters. The molecule has 2 rings (SSSR count). The van der Waals surface area contributed by atoms with Gasteiger partial charge in [-0.3, -0.25) is 10.3 Å². The number of hydrogen-bond donors (Lipinski definition) is 2. The molecule has 3 heteroatoms. The van der Waals surface area contributed by atoms with Crippen molar-refractivity contribution in [2.45, 2.75) is 45.6 Å². The van der Waals surface area contributed by atoms with E-state index in [2.05, 4.69) is 43.0 Å². The number of amidine groups is 1. The molecule has 1 aliphatic rings. The summed E-state index contributed by atoms with van der Waals surface area (Å²) in [6.07, 6.45) is 4.36. The van der Waals surface area contributed by atoms with E-state index in [9.17, 15) is 0 Å². The molecule has 0 aliphatic carbocycles. The fraction of sp³-hybridized carbons (Fsp3) is 0.588. The van der Waals surface area contributed by atoms with Gasteiger partial charge in [0.1, 0.15) is 0 Å². The molecule has 20 heavy (non-hydrogen) atoms. The van der Waals surface area contributed by atoms with Gasteiger partial charge >= 0.3 is 0 Å². The number of nitrogens with zero attached hydrogens (tertiary/aromatic N) is 1. The Balaban J connectivity index is 2.16. The van der Waals surface area contributed by atoms with Crippen LogP contribution in [-0.2, 0) is 0 Å². The molecule has 1 heterocycles. The number of benzene rings is 1. The predicted octanol–water partition coefficient (Wildman–Crippen LogP) is 3.57. The van der Waals surface area contributed by atoms with Gasteiger partial charge in [0, 0.05) is 12.5 Å². The van der Waals surface area contributed by atoms with Crippen molar-refractivity contribution >= 4 is 5.84 Å². The van der Waals surface area contributed by atoms with Crippen molar-refractivity contribution in [3.63, 3.8) is 0 Å². The Bertz CT molecular complexity index is 439. The summed E-state index contributed by atoms with van der Waals surface area (Å²) >= 11 is 0. The van der Waals surface area contributed by atoms with Gasteiger partial charge in [-0.1, -0.05) is 44.2 Å². The third-order valence-corrected chi connectivity index (χ3v) is 4.41. The lowest BCUT2D eigenvalue weighted by Crippen LogP contribution is -2.33. The SMILES string of the molecule is CC1(C)CCCN(C(CC(=N)N)c2ccccc2)CC1. The number of nitrogens with two attached hydrogens (primary N) is 1. The van der Waals surface area contributed by atoms with Crippen LogP contribution in [0.3, 0.4) is 0 Å². The van der Waals surface area contributed by atoms with Crippen LogP contribution in [0.4, 0.5) is 0 Å². The molecule has 1 atom stereocenters. The normalized spacial score (nSPS) is 21.1. The standard InChI is InChI=1S/C17H27N3/c1-17(2)9-6-11-20(12-10-17)15(13-16(18)19)14-7-4-3-5-8-14/h3-5,7-8,15H,6,9-13H2,1-2H3,(H3,18,19). The summed E-state index contributed by atoms with van der Waals surface area (Å²) in [6.45, 7) is 6.92. The van der Waals surface area contributed by atoms with Gasteiger partial charge in [-0.2, -0.15) is 0 Å². The lowest BCUT2D eigenvalue weighted by atomic mass is 9.85. The van der Waals surface area contributed by atoms with E-state index >= 15 is 0 Å². The second-order valence-corrected chi connectivity index (χ2v) is 6.71. The maximum absolute atomic E-state index is 7.68. The molecular formula is C17H27N3. The Morgan fingerprint density at radius 1 is 1.25 bits per heavy atom. The maximum Gasteiger partial charge on any atom is 0.0924 e. The molecule has 1 aliphatic heterocycles. The average Bonchev–Trinajstić information content (AvgIpc) is 2.58. The van der Waals surface area contributed by atoms with Crippen LogP contribution in [0.2, 0.25) is 0 Å². The molecule has 0 radical (unpaired) electrons. The van der Waals surface area contributed by atoms with Gasteiger partial charge in [0.05, 0.1) is 5.84 Å². The van der Waals surface area contributed by atoms with Crippen LogP contribution in [0, 0.1) is 10.8 Å². The first-order chi connectivity index (χ1) is 9.48. The Morgan fingerprint density at radius 2 is 1.95 bits per heavy atom. The highest BCUT2D eigenvalue weighted by molar-refractivity contribution is 5.77. The van der Waals surface area contributed by atoms with Crippen LogP contribution in [0.15, 0.2) is 30.3 Å². The van der Waals surface area contributed by atoms with Crippen LogP contribution in [0.25, 0.3) is 0 Å².